The number of ether oxygens (including phenoxy) is 1. The van der Waals surface area contributed by atoms with Crippen LogP contribution in [0.3, 0.4) is 0 Å². The average Bonchev–Trinajstić information content (AvgIpc) is 2.32. The molecule has 1 N–H and O–H groups in total. The Hall–Kier alpha value is -0.150. The van der Waals surface area contributed by atoms with E-state index < -0.39 is 0 Å². The number of rotatable bonds is 6. The van der Waals surface area contributed by atoms with Gasteiger partial charge in [-0.15, -0.1) is 0 Å². The topological polar surface area (TPSA) is 21.3 Å². The second-order valence-electron chi connectivity index (χ2n) is 4.94. The van der Waals surface area contributed by atoms with Gasteiger partial charge in [0.25, 0.3) is 0 Å². The van der Waals surface area contributed by atoms with E-state index in [4.69, 9.17) is 39.5 Å². The van der Waals surface area contributed by atoms with Gasteiger partial charge in [-0.1, -0.05) is 41.7 Å². The first-order valence-corrected chi connectivity index (χ1v) is 7.74. The smallest absolute Gasteiger partial charge is 0.140 e. The van der Waals surface area contributed by atoms with Crippen LogP contribution in [0.4, 0.5) is 0 Å². The lowest BCUT2D eigenvalue weighted by Crippen LogP contribution is -2.45. The minimum absolute atomic E-state index is 0.0943. The highest BCUT2D eigenvalue weighted by Gasteiger charge is 2.39. The zero-order valence-corrected chi connectivity index (χ0v) is 13.2. The van der Waals surface area contributed by atoms with Crippen molar-refractivity contribution in [1.82, 2.24) is 5.32 Å². The fraction of sp³-hybridized carbons (Fsp3) is 0.571. The van der Waals surface area contributed by atoms with Gasteiger partial charge in [-0.3, -0.25) is 0 Å². The van der Waals surface area contributed by atoms with Crippen LogP contribution in [-0.2, 0) is 0 Å². The van der Waals surface area contributed by atoms with Gasteiger partial charge in [-0.05, 0) is 44.8 Å². The SMILES string of the molecule is CCNCCC1(Oc2cc(Cl)c(Cl)cc2Cl)CCC1. The third-order valence-electron chi connectivity index (χ3n) is 3.57. The first-order valence-electron chi connectivity index (χ1n) is 6.60. The highest BCUT2D eigenvalue weighted by Crippen LogP contribution is 2.43. The molecule has 19 heavy (non-hydrogen) atoms. The fourth-order valence-corrected chi connectivity index (χ4v) is 2.86. The van der Waals surface area contributed by atoms with Crippen LogP contribution in [-0.4, -0.2) is 18.7 Å². The third-order valence-corrected chi connectivity index (χ3v) is 4.59. The largest absolute Gasteiger partial charge is 0.486 e. The molecule has 5 heteroatoms. The Kier molecular flexibility index (Phi) is 5.24. The molecule has 2 rings (SSSR count). The molecule has 1 aromatic carbocycles. The first-order chi connectivity index (χ1) is 9.06. The lowest BCUT2D eigenvalue weighted by Gasteiger charge is -2.42. The summed E-state index contributed by atoms with van der Waals surface area (Å²) in [6.07, 6.45) is 4.31. The quantitative estimate of drug-likeness (QED) is 0.591. The van der Waals surface area contributed by atoms with Crippen molar-refractivity contribution in [1.29, 1.82) is 0 Å². The molecule has 0 spiro atoms. The van der Waals surface area contributed by atoms with Gasteiger partial charge in [0.1, 0.15) is 11.4 Å². The molecule has 1 fully saturated rings. The van der Waals surface area contributed by atoms with Crippen molar-refractivity contribution in [3.63, 3.8) is 0 Å². The predicted octanol–water partition coefficient (Wildman–Crippen LogP) is 4.95. The monoisotopic (exact) mass is 321 g/mol. The maximum absolute atomic E-state index is 6.17. The summed E-state index contributed by atoms with van der Waals surface area (Å²) in [4.78, 5) is 0. The molecule has 1 aliphatic rings. The molecule has 0 aromatic heterocycles. The summed E-state index contributed by atoms with van der Waals surface area (Å²) in [5.74, 6) is 0.632. The number of nitrogens with one attached hydrogen (secondary N) is 1. The van der Waals surface area contributed by atoms with Crippen molar-refractivity contribution in [3.05, 3.63) is 27.2 Å². The van der Waals surface area contributed by atoms with E-state index in [0.717, 1.165) is 32.4 Å². The lowest BCUT2D eigenvalue weighted by molar-refractivity contribution is -0.0140. The normalized spacial score (nSPS) is 17.1. The lowest BCUT2D eigenvalue weighted by atomic mass is 9.77. The molecule has 0 radical (unpaired) electrons. The minimum atomic E-state index is -0.0943. The van der Waals surface area contributed by atoms with E-state index in [9.17, 15) is 0 Å². The Balaban J connectivity index is 2.08. The molecule has 0 aliphatic heterocycles. The van der Waals surface area contributed by atoms with E-state index in [-0.39, 0.29) is 5.60 Å². The highest BCUT2D eigenvalue weighted by molar-refractivity contribution is 6.43. The fourth-order valence-electron chi connectivity index (χ4n) is 2.28. The van der Waals surface area contributed by atoms with Crippen molar-refractivity contribution in [2.24, 2.45) is 0 Å². The van der Waals surface area contributed by atoms with Crippen LogP contribution < -0.4 is 10.1 Å². The predicted molar refractivity (Wildman–Crippen MR) is 81.8 cm³/mol. The molecule has 1 aromatic rings. The van der Waals surface area contributed by atoms with Crippen molar-refractivity contribution in [2.75, 3.05) is 13.1 Å². The van der Waals surface area contributed by atoms with E-state index in [1.54, 1.807) is 12.1 Å². The molecule has 0 saturated heterocycles. The Bertz CT molecular complexity index is 447. The van der Waals surface area contributed by atoms with E-state index in [0.29, 0.717) is 20.8 Å². The van der Waals surface area contributed by atoms with Crippen LogP contribution >= 0.6 is 34.8 Å². The van der Waals surface area contributed by atoms with Crippen LogP contribution in [0, 0.1) is 0 Å². The first kappa shape index (κ1) is 15.2. The summed E-state index contributed by atoms with van der Waals surface area (Å²) in [5, 5.41) is 4.78. The molecule has 0 amide bonds. The molecule has 106 valence electrons. The molecule has 0 atom stereocenters. The zero-order chi connectivity index (χ0) is 13.9. The van der Waals surface area contributed by atoms with Gasteiger partial charge in [0.15, 0.2) is 0 Å². The van der Waals surface area contributed by atoms with E-state index in [1.807, 2.05) is 0 Å². The van der Waals surface area contributed by atoms with Gasteiger partial charge in [0, 0.05) is 6.07 Å². The molecule has 2 nitrogen and oxygen atoms in total. The maximum Gasteiger partial charge on any atom is 0.140 e. The molecule has 0 bridgehead atoms. The molecule has 1 saturated carbocycles. The van der Waals surface area contributed by atoms with E-state index >= 15 is 0 Å². The summed E-state index contributed by atoms with van der Waals surface area (Å²) in [6.45, 7) is 4.03. The van der Waals surface area contributed by atoms with Crippen LogP contribution in [0.1, 0.15) is 32.6 Å². The summed E-state index contributed by atoms with van der Waals surface area (Å²) in [6, 6.07) is 3.34. The Morgan fingerprint density at radius 1 is 1.16 bits per heavy atom. The Morgan fingerprint density at radius 2 is 1.84 bits per heavy atom. The van der Waals surface area contributed by atoms with Crippen LogP contribution in [0.5, 0.6) is 5.75 Å². The molecule has 1 aliphatic carbocycles. The van der Waals surface area contributed by atoms with Crippen LogP contribution in [0.25, 0.3) is 0 Å². The van der Waals surface area contributed by atoms with Gasteiger partial charge in [0.2, 0.25) is 0 Å². The Morgan fingerprint density at radius 3 is 2.42 bits per heavy atom. The second kappa shape index (κ2) is 6.53. The average molecular weight is 323 g/mol. The highest BCUT2D eigenvalue weighted by atomic mass is 35.5. The number of halogens is 3. The van der Waals surface area contributed by atoms with Gasteiger partial charge >= 0.3 is 0 Å². The molecule has 0 heterocycles. The number of benzene rings is 1. The number of hydrogen-bond acceptors (Lipinski definition) is 2. The van der Waals surface area contributed by atoms with Crippen molar-refractivity contribution in [2.45, 2.75) is 38.2 Å². The second-order valence-corrected chi connectivity index (χ2v) is 6.16. The van der Waals surface area contributed by atoms with Gasteiger partial charge in [-0.2, -0.15) is 0 Å². The summed E-state index contributed by atoms with van der Waals surface area (Å²) in [5.41, 5.74) is -0.0943. The molecular weight excluding hydrogens is 305 g/mol. The van der Waals surface area contributed by atoms with Crippen molar-refractivity contribution < 1.29 is 4.74 Å². The van der Waals surface area contributed by atoms with Gasteiger partial charge < -0.3 is 10.1 Å². The van der Waals surface area contributed by atoms with E-state index in [2.05, 4.69) is 12.2 Å². The molecular formula is C14H18Cl3NO. The van der Waals surface area contributed by atoms with Crippen LogP contribution in [0.15, 0.2) is 12.1 Å². The number of hydrogen-bond donors (Lipinski definition) is 1. The molecule has 0 unspecified atom stereocenters. The van der Waals surface area contributed by atoms with E-state index in [1.165, 1.54) is 6.42 Å². The van der Waals surface area contributed by atoms with Crippen molar-refractivity contribution >= 4 is 34.8 Å². The summed E-state index contributed by atoms with van der Waals surface area (Å²) < 4.78 is 6.14. The van der Waals surface area contributed by atoms with Gasteiger partial charge in [0.05, 0.1) is 15.1 Å². The van der Waals surface area contributed by atoms with Crippen molar-refractivity contribution in [3.8, 4) is 5.75 Å². The summed E-state index contributed by atoms with van der Waals surface area (Å²) >= 11 is 18.1. The maximum atomic E-state index is 6.17. The third kappa shape index (κ3) is 3.69. The standard InChI is InChI=1S/C14H18Cl3NO/c1-2-18-7-6-14(4-3-5-14)19-13-9-11(16)10(15)8-12(13)17/h8-9,18H,2-7H2,1H3. The minimum Gasteiger partial charge on any atom is -0.486 e. The summed E-state index contributed by atoms with van der Waals surface area (Å²) in [7, 11) is 0. The van der Waals surface area contributed by atoms with Gasteiger partial charge in [-0.25, -0.2) is 0 Å². The zero-order valence-electron chi connectivity index (χ0n) is 10.9. The van der Waals surface area contributed by atoms with Crippen LogP contribution in [0.2, 0.25) is 15.1 Å². The Labute approximate surface area is 129 Å².